The Morgan fingerprint density at radius 3 is 3.07 bits per heavy atom. The van der Waals surface area contributed by atoms with Crippen LogP contribution in [0.1, 0.15) is 5.69 Å². The molecule has 0 saturated heterocycles. The lowest BCUT2D eigenvalue weighted by Gasteiger charge is -1.97. The molecule has 0 unspecified atom stereocenters. The minimum atomic E-state index is -0.331. The van der Waals surface area contributed by atoms with Crippen LogP contribution in [0.5, 0.6) is 0 Å². The molecule has 0 atom stereocenters. The van der Waals surface area contributed by atoms with Crippen molar-refractivity contribution in [2.24, 2.45) is 0 Å². The molecule has 2 heterocycles. The molecular formula is C8H6ClN3OS2. The number of nitrogens with zero attached hydrogens (tertiary/aromatic N) is 2. The second kappa shape index (κ2) is 4.34. The van der Waals surface area contributed by atoms with Crippen LogP contribution in [0, 0.1) is 6.92 Å². The Labute approximate surface area is 98.7 Å². The first-order chi connectivity index (χ1) is 7.16. The third kappa shape index (κ3) is 2.39. The van der Waals surface area contributed by atoms with Gasteiger partial charge in [0.2, 0.25) is 0 Å². The molecule has 0 bridgehead atoms. The van der Waals surface area contributed by atoms with Crippen LogP contribution < -0.4 is 5.56 Å². The van der Waals surface area contributed by atoms with E-state index in [2.05, 4.69) is 15.0 Å². The molecule has 2 aromatic rings. The van der Waals surface area contributed by atoms with Crippen molar-refractivity contribution in [2.75, 3.05) is 0 Å². The van der Waals surface area contributed by atoms with E-state index >= 15 is 0 Å². The van der Waals surface area contributed by atoms with Gasteiger partial charge in [-0.1, -0.05) is 11.6 Å². The molecule has 0 radical (unpaired) electrons. The molecular weight excluding hydrogens is 254 g/mol. The number of aromatic nitrogens is 3. The number of aryl methyl sites for hydroxylation is 1. The Bertz CT molecular complexity index is 537. The minimum Gasteiger partial charge on any atom is -0.312 e. The number of hydrogen-bond donors (Lipinski definition) is 1. The first kappa shape index (κ1) is 10.7. The van der Waals surface area contributed by atoms with Crippen molar-refractivity contribution < 1.29 is 0 Å². The van der Waals surface area contributed by atoms with Crippen molar-refractivity contribution >= 4 is 34.7 Å². The summed E-state index contributed by atoms with van der Waals surface area (Å²) < 4.78 is 0.826. The van der Waals surface area contributed by atoms with E-state index in [9.17, 15) is 4.79 Å². The number of nitrogens with one attached hydrogen (secondary N) is 1. The highest BCUT2D eigenvalue weighted by Crippen LogP contribution is 2.31. The van der Waals surface area contributed by atoms with E-state index in [-0.39, 0.29) is 10.6 Å². The second-order valence-electron chi connectivity index (χ2n) is 2.71. The van der Waals surface area contributed by atoms with Gasteiger partial charge in [-0.2, -0.15) is 0 Å². The molecule has 78 valence electrons. The lowest BCUT2D eigenvalue weighted by atomic mass is 10.6. The minimum absolute atomic E-state index is 0.107. The van der Waals surface area contributed by atoms with Crippen molar-refractivity contribution in [3.8, 4) is 0 Å². The molecule has 2 aromatic heterocycles. The highest BCUT2D eigenvalue weighted by atomic mass is 35.5. The Hall–Kier alpha value is -0.850. The molecule has 0 aliphatic carbocycles. The fourth-order valence-corrected chi connectivity index (χ4v) is 2.86. The van der Waals surface area contributed by atoms with E-state index in [1.54, 1.807) is 0 Å². The quantitative estimate of drug-likeness (QED) is 0.841. The fourth-order valence-electron chi connectivity index (χ4n) is 0.900. The molecule has 0 aliphatic heterocycles. The summed E-state index contributed by atoms with van der Waals surface area (Å²) >= 11 is 8.59. The van der Waals surface area contributed by atoms with E-state index < -0.39 is 0 Å². The predicted octanol–water partition coefficient (Wildman–Crippen LogP) is 2.34. The molecule has 0 aromatic carbocycles. The molecule has 0 amide bonds. The van der Waals surface area contributed by atoms with Crippen LogP contribution in [0.3, 0.4) is 0 Å². The van der Waals surface area contributed by atoms with E-state index in [0.717, 1.165) is 10.0 Å². The van der Waals surface area contributed by atoms with Gasteiger partial charge < -0.3 is 4.98 Å². The van der Waals surface area contributed by atoms with Gasteiger partial charge in [0, 0.05) is 11.1 Å². The van der Waals surface area contributed by atoms with Crippen LogP contribution in [-0.4, -0.2) is 15.0 Å². The second-order valence-corrected chi connectivity index (χ2v) is 5.18. The maximum absolute atomic E-state index is 11.2. The van der Waals surface area contributed by atoms with Crippen molar-refractivity contribution in [1.29, 1.82) is 0 Å². The molecule has 0 fully saturated rings. The first-order valence-corrected chi connectivity index (χ1v) is 6.07. The molecule has 0 spiro atoms. The van der Waals surface area contributed by atoms with Gasteiger partial charge in [-0.05, 0) is 18.7 Å². The summed E-state index contributed by atoms with van der Waals surface area (Å²) in [5, 5.41) is 2.52. The summed E-state index contributed by atoms with van der Waals surface area (Å²) in [6.45, 7) is 1.91. The van der Waals surface area contributed by atoms with E-state index in [1.807, 2.05) is 12.3 Å². The van der Waals surface area contributed by atoms with Crippen molar-refractivity contribution in [1.82, 2.24) is 15.0 Å². The average Bonchev–Trinajstić information content (AvgIpc) is 2.59. The summed E-state index contributed by atoms with van der Waals surface area (Å²) in [6, 6.07) is 0. The van der Waals surface area contributed by atoms with Gasteiger partial charge in [-0.3, -0.25) is 4.79 Å². The van der Waals surface area contributed by atoms with Crippen LogP contribution in [0.2, 0.25) is 5.02 Å². The zero-order chi connectivity index (χ0) is 10.8. The third-order valence-corrected chi connectivity index (χ3v) is 4.07. The van der Waals surface area contributed by atoms with Gasteiger partial charge in [-0.15, -0.1) is 11.3 Å². The number of H-pyrrole nitrogens is 1. The maximum Gasteiger partial charge on any atom is 0.270 e. The number of hydrogen-bond acceptors (Lipinski definition) is 5. The first-order valence-electron chi connectivity index (χ1n) is 4.00. The average molecular weight is 260 g/mol. The summed E-state index contributed by atoms with van der Waals surface area (Å²) in [5.41, 5.74) is 0.617. The Kier molecular flexibility index (Phi) is 3.08. The predicted molar refractivity (Wildman–Crippen MR) is 60.8 cm³/mol. The Morgan fingerprint density at radius 1 is 1.60 bits per heavy atom. The van der Waals surface area contributed by atoms with Gasteiger partial charge in [-0.25, -0.2) is 9.97 Å². The van der Waals surface area contributed by atoms with Crippen LogP contribution in [0.15, 0.2) is 25.9 Å². The topological polar surface area (TPSA) is 58.6 Å². The number of thiazole rings is 1. The molecule has 15 heavy (non-hydrogen) atoms. The lowest BCUT2D eigenvalue weighted by molar-refractivity contribution is 1.01. The summed E-state index contributed by atoms with van der Waals surface area (Å²) in [4.78, 5) is 21.8. The van der Waals surface area contributed by atoms with Crippen LogP contribution in [-0.2, 0) is 0 Å². The molecule has 2 rings (SSSR count). The standard InChI is InChI=1S/C8H6ClN3OS2/c1-4-2-14-8(12-4)15-7-5(9)6(13)10-3-11-7/h2-3H,1H3,(H,10,11,13). The molecule has 0 aliphatic rings. The Balaban J connectivity index is 2.32. The number of halogens is 1. The fraction of sp³-hybridized carbons (Fsp3) is 0.125. The van der Waals surface area contributed by atoms with Crippen molar-refractivity contribution in [3.05, 3.63) is 32.8 Å². The van der Waals surface area contributed by atoms with Gasteiger partial charge >= 0.3 is 0 Å². The summed E-state index contributed by atoms with van der Waals surface area (Å²) in [6.07, 6.45) is 1.33. The van der Waals surface area contributed by atoms with Gasteiger partial charge in [0.25, 0.3) is 5.56 Å². The molecule has 4 nitrogen and oxygen atoms in total. The van der Waals surface area contributed by atoms with Crippen molar-refractivity contribution in [2.45, 2.75) is 16.3 Å². The zero-order valence-electron chi connectivity index (χ0n) is 7.65. The largest absolute Gasteiger partial charge is 0.312 e. The molecule has 7 heteroatoms. The third-order valence-electron chi connectivity index (χ3n) is 1.55. The molecule has 0 saturated carbocycles. The molecule has 1 N–H and O–H groups in total. The van der Waals surface area contributed by atoms with E-state index in [0.29, 0.717) is 5.03 Å². The van der Waals surface area contributed by atoms with Gasteiger partial charge in [0.05, 0.1) is 6.33 Å². The monoisotopic (exact) mass is 259 g/mol. The van der Waals surface area contributed by atoms with E-state index in [4.69, 9.17) is 11.6 Å². The van der Waals surface area contributed by atoms with Gasteiger partial charge in [0.15, 0.2) is 4.34 Å². The van der Waals surface area contributed by atoms with Crippen LogP contribution in [0.25, 0.3) is 0 Å². The Morgan fingerprint density at radius 2 is 2.40 bits per heavy atom. The van der Waals surface area contributed by atoms with Crippen molar-refractivity contribution in [3.63, 3.8) is 0 Å². The maximum atomic E-state index is 11.2. The number of rotatable bonds is 2. The van der Waals surface area contributed by atoms with Gasteiger partial charge in [0.1, 0.15) is 10.0 Å². The summed E-state index contributed by atoms with van der Waals surface area (Å²) in [5.74, 6) is 0. The van der Waals surface area contributed by atoms with Crippen LogP contribution >= 0.6 is 34.7 Å². The smallest absolute Gasteiger partial charge is 0.270 e. The zero-order valence-corrected chi connectivity index (χ0v) is 10.0. The lowest BCUT2D eigenvalue weighted by Crippen LogP contribution is -2.07. The SMILES string of the molecule is Cc1csc(Sc2nc[nH]c(=O)c2Cl)n1. The number of aromatic amines is 1. The highest BCUT2D eigenvalue weighted by Gasteiger charge is 2.09. The van der Waals surface area contributed by atoms with E-state index in [1.165, 1.54) is 29.4 Å². The highest BCUT2D eigenvalue weighted by molar-refractivity contribution is 8.01. The normalized spacial score (nSPS) is 10.5. The van der Waals surface area contributed by atoms with Crippen LogP contribution in [0.4, 0.5) is 0 Å². The summed E-state index contributed by atoms with van der Waals surface area (Å²) in [7, 11) is 0.